The lowest BCUT2D eigenvalue weighted by atomic mass is 9.88. The number of carbonyl (C=O) groups excluding carboxylic acids is 3. The van der Waals surface area contributed by atoms with Gasteiger partial charge in [-0.3, -0.25) is 9.59 Å². The number of esters is 1. The molecule has 0 radical (unpaired) electrons. The fourth-order valence-electron chi connectivity index (χ4n) is 4.08. The van der Waals surface area contributed by atoms with Gasteiger partial charge in [0.2, 0.25) is 5.91 Å². The Labute approximate surface area is 179 Å². The van der Waals surface area contributed by atoms with Gasteiger partial charge >= 0.3 is 5.97 Å². The van der Waals surface area contributed by atoms with Crippen LogP contribution in [0.5, 0.6) is 5.75 Å². The minimum Gasteiger partial charge on any atom is -0.497 e. The molecule has 1 amide bonds. The summed E-state index contributed by atoms with van der Waals surface area (Å²) in [5.74, 6) is -0.544. The first-order valence-electron chi connectivity index (χ1n) is 11.0. The number of rotatable bonds is 11. The average Bonchev–Trinajstić information content (AvgIpc) is 3.23. The number of aryl methyl sites for hydroxylation is 1. The number of nitrogens with zero attached hydrogens (tertiary/aromatic N) is 1. The Morgan fingerprint density at radius 2 is 1.83 bits per heavy atom. The van der Waals surface area contributed by atoms with E-state index in [2.05, 4.69) is 12.1 Å². The van der Waals surface area contributed by atoms with E-state index in [4.69, 9.17) is 9.47 Å². The number of amides is 1. The quantitative estimate of drug-likeness (QED) is 0.311. The van der Waals surface area contributed by atoms with E-state index in [0.717, 1.165) is 37.9 Å². The minimum atomic E-state index is -0.831. The van der Waals surface area contributed by atoms with Crippen LogP contribution in [0.3, 0.4) is 0 Å². The first kappa shape index (κ1) is 23.9. The molecule has 6 heteroatoms. The smallest absolute Gasteiger partial charge is 0.376 e. The maximum absolute atomic E-state index is 13.2. The summed E-state index contributed by atoms with van der Waals surface area (Å²) >= 11 is 0. The molecule has 0 aromatic heterocycles. The maximum atomic E-state index is 13.2. The standard InChI is InChI=1S/C24H35NO5/c1-5-30-24(28)22(26)21-11-8-16-25(21)23(27)20(17(2)3)10-7-6-9-18-12-14-19(29-4)15-13-18/h12-15,17,20-21H,5-11,16H2,1-4H3/t20?,21-/m0/s1. The molecule has 1 aliphatic rings. The van der Waals surface area contributed by atoms with Gasteiger partial charge in [0.05, 0.1) is 13.7 Å². The van der Waals surface area contributed by atoms with E-state index in [1.807, 2.05) is 26.0 Å². The Hall–Kier alpha value is -2.37. The van der Waals surface area contributed by atoms with Crippen LogP contribution in [0, 0.1) is 11.8 Å². The van der Waals surface area contributed by atoms with Crippen molar-refractivity contribution in [3.05, 3.63) is 29.8 Å². The number of ketones is 1. The number of benzene rings is 1. The Kier molecular flexibility index (Phi) is 9.34. The summed E-state index contributed by atoms with van der Waals surface area (Å²) in [6.07, 6.45) is 4.94. The Morgan fingerprint density at radius 1 is 1.13 bits per heavy atom. The van der Waals surface area contributed by atoms with E-state index >= 15 is 0 Å². The first-order chi connectivity index (χ1) is 14.4. The number of hydrogen-bond acceptors (Lipinski definition) is 5. The maximum Gasteiger partial charge on any atom is 0.376 e. The van der Waals surface area contributed by atoms with E-state index in [-0.39, 0.29) is 24.3 Å². The predicted molar refractivity (Wildman–Crippen MR) is 115 cm³/mol. The van der Waals surface area contributed by atoms with Gasteiger partial charge in [-0.15, -0.1) is 0 Å². The summed E-state index contributed by atoms with van der Waals surface area (Å²) < 4.78 is 10.0. The lowest BCUT2D eigenvalue weighted by molar-refractivity contribution is -0.157. The molecule has 1 aliphatic heterocycles. The molecular weight excluding hydrogens is 382 g/mol. The number of Topliss-reactive ketones (excluding diaryl/α,β-unsaturated/α-hetero) is 1. The molecule has 1 unspecified atom stereocenters. The highest BCUT2D eigenvalue weighted by atomic mass is 16.5. The van der Waals surface area contributed by atoms with Crippen LogP contribution in [-0.4, -0.2) is 48.9 Å². The van der Waals surface area contributed by atoms with Gasteiger partial charge in [-0.2, -0.15) is 0 Å². The number of methoxy groups -OCH3 is 1. The number of hydrogen-bond donors (Lipinski definition) is 0. The van der Waals surface area contributed by atoms with Crippen molar-refractivity contribution in [1.29, 1.82) is 0 Å². The van der Waals surface area contributed by atoms with Gasteiger partial charge in [-0.05, 0) is 62.6 Å². The van der Waals surface area contributed by atoms with Crippen molar-refractivity contribution >= 4 is 17.7 Å². The summed E-state index contributed by atoms with van der Waals surface area (Å²) in [4.78, 5) is 39.1. The largest absolute Gasteiger partial charge is 0.497 e. The predicted octanol–water partition coefficient (Wildman–Crippen LogP) is 3.80. The van der Waals surface area contributed by atoms with Crippen molar-refractivity contribution in [1.82, 2.24) is 4.90 Å². The summed E-state index contributed by atoms with van der Waals surface area (Å²) in [6, 6.07) is 7.39. The average molecular weight is 418 g/mol. The molecule has 30 heavy (non-hydrogen) atoms. The summed E-state index contributed by atoms with van der Waals surface area (Å²) in [7, 11) is 1.66. The molecule has 2 atom stereocenters. The lowest BCUT2D eigenvalue weighted by Gasteiger charge is -2.29. The third-order valence-electron chi connectivity index (χ3n) is 5.83. The molecule has 166 valence electrons. The van der Waals surface area contributed by atoms with Crippen molar-refractivity contribution in [2.45, 2.75) is 65.3 Å². The highest BCUT2D eigenvalue weighted by molar-refractivity contribution is 6.36. The summed E-state index contributed by atoms with van der Waals surface area (Å²) in [5.41, 5.74) is 1.25. The second-order valence-corrected chi connectivity index (χ2v) is 8.22. The topological polar surface area (TPSA) is 72.9 Å². The third-order valence-corrected chi connectivity index (χ3v) is 5.83. The highest BCUT2D eigenvalue weighted by Gasteiger charge is 2.40. The van der Waals surface area contributed by atoms with Gasteiger partial charge in [0, 0.05) is 12.5 Å². The van der Waals surface area contributed by atoms with Crippen LogP contribution in [0.1, 0.15) is 58.4 Å². The van der Waals surface area contributed by atoms with Crippen LogP contribution in [0.25, 0.3) is 0 Å². The van der Waals surface area contributed by atoms with Crippen LogP contribution < -0.4 is 4.74 Å². The van der Waals surface area contributed by atoms with Gasteiger partial charge < -0.3 is 14.4 Å². The number of carbonyl (C=O) groups is 3. The van der Waals surface area contributed by atoms with Crippen LogP contribution >= 0.6 is 0 Å². The Morgan fingerprint density at radius 3 is 2.43 bits per heavy atom. The van der Waals surface area contributed by atoms with Crippen LogP contribution in [0.2, 0.25) is 0 Å². The summed E-state index contributed by atoms with van der Waals surface area (Å²) in [5, 5.41) is 0. The molecular formula is C24H35NO5. The third kappa shape index (κ3) is 6.31. The van der Waals surface area contributed by atoms with Crippen LogP contribution in [0.4, 0.5) is 0 Å². The van der Waals surface area contributed by atoms with E-state index in [1.165, 1.54) is 5.56 Å². The molecule has 1 aromatic rings. The normalized spacial score (nSPS) is 17.1. The lowest BCUT2D eigenvalue weighted by Crippen LogP contribution is -2.47. The molecule has 0 bridgehead atoms. The van der Waals surface area contributed by atoms with Gasteiger partial charge in [-0.25, -0.2) is 4.79 Å². The van der Waals surface area contributed by atoms with E-state index in [9.17, 15) is 14.4 Å². The highest BCUT2D eigenvalue weighted by Crippen LogP contribution is 2.27. The molecule has 0 aliphatic carbocycles. The number of likely N-dealkylation sites (tertiary alicyclic amines) is 1. The van der Waals surface area contributed by atoms with Crippen molar-refractivity contribution in [2.75, 3.05) is 20.3 Å². The second kappa shape index (κ2) is 11.7. The molecule has 1 saturated heterocycles. The molecule has 1 heterocycles. The van der Waals surface area contributed by atoms with Crippen molar-refractivity contribution < 1.29 is 23.9 Å². The Balaban J connectivity index is 1.91. The van der Waals surface area contributed by atoms with Gasteiger partial charge in [0.25, 0.3) is 5.78 Å². The first-order valence-corrected chi connectivity index (χ1v) is 11.0. The fourth-order valence-corrected chi connectivity index (χ4v) is 4.08. The number of unbranched alkanes of at least 4 members (excludes halogenated alkanes) is 1. The molecule has 0 saturated carbocycles. The van der Waals surface area contributed by atoms with Gasteiger partial charge in [-0.1, -0.05) is 32.4 Å². The monoisotopic (exact) mass is 417 g/mol. The molecule has 2 rings (SSSR count). The second-order valence-electron chi connectivity index (χ2n) is 8.22. The van der Waals surface area contributed by atoms with Crippen molar-refractivity contribution in [3.63, 3.8) is 0 Å². The zero-order chi connectivity index (χ0) is 22.1. The van der Waals surface area contributed by atoms with E-state index in [0.29, 0.717) is 13.0 Å². The molecule has 6 nitrogen and oxygen atoms in total. The fraction of sp³-hybridized carbons (Fsp3) is 0.625. The van der Waals surface area contributed by atoms with Crippen LogP contribution in [-0.2, 0) is 25.5 Å². The van der Waals surface area contributed by atoms with E-state index in [1.54, 1.807) is 18.9 Å². The molecule has 1 fully saturated rings. The van der Waals surface area contributed by atoms with Crippen LogP contribution in [0.15, 0.2) is 24.3 Å². The van der Waals surface area contributed by atoms with Crippen molar-refractivity contribution in [2.24, 2.45) is 11.8 Å². The zero-order valence-electron chi connectivity index (χ0n) is 18.7. The Bertz CT molecular complexity index is 713. The van der Waals surface area contributed by atoms with Crippen molar-refractivity contribution in [3.8, 4) is 5.75 Å². The number of ether oxygens (including phenoxy) is 2. The SMILES string of the molecule is CCOC(=O)C(=O)[C@@H]1CCCN1C(=O)C(CCCCc1ccc(OC)cc1)C(C)C. The van der Waals surface area contributed by atoms with E-state index < -0.39 is 17.8 Å². The zero-order valence-corrected chi connectivity index (χ0v) is 18.7. The van der Waals surface area contributed by atoms with Gasteiger partial charge in [0.15, 0.2) is 0 Å². The summed E-state index contributed by atoms with van der Waals surface area (Å²) in [6.45, 7) is 6.45. The molecule has 1 aromatic carbocycles. The van der Waals surface area contributed by atoms with Gasteiger partial charge in [0.1, 0.15) is 11.8 Å². The minimum absolute atomic E-state index is 0.00500. The molecule has 0 spiro atoms. The molecule has 0 N–H and O–H groups in total.